The topological polar surface area (TPSA) is 113 Å². The Balaban J connectivity index is 1.88. The summed E-state index contributed by atoms with van der Waals surface area (Å²) < 4.78 is 10.4. The Morgan fingerprint density at radius 2 is 1.94 bits per heavy atom. The average Bonchev–Trinajstić information content (AvgIpc) is 3.35. The number of aromatic nitrogens is 1. The second-order valence-electron chi connectivity index (χ2n) is 9.14. The molecule has 1 aliphatic carbocycles. The molecule has 1 fully saturated rings. The van der Waals surface area contributed by atoms with E-state index < -0.39 is 23.4 Å². The number of benzene rings is 1. The van der Waals surface area contributed by atoms with E-state index in [0.717, 1.165) is 25.7 Å². The normalized spacial score (nSPS) is 15.9. The maximum atomic E-state index is 13.4. The number of nitrogens with zero attached hydrogens (tertiary/aromatic N) is 1. The summed E-state index contributed by atoms with van der Waals surface area (Å²) in [6, 6.07) is 7.86. The molecule has 36 heavy (non-hydrogen) atoms. The number of hydrogen-bond donors (Lipinski definition) is 1. The maximum absolute atomic E-state index is 13.4. The smallest absolute Gasteiger partial charge is 0.380 e. The van der Waals surface area contributed by atoms with Crippen molar-refractivity contribution in [2.45, 2.75) is 58.4 Å². The number of carbonyl (C=O) groups excluding carboxylic acids is 3. The number of nitrogens with one attached hydrogen (secondary N) is 1. The molecule has 9 nitrogen and oxygen atoms in total. The highest BCUT2D eigenvalue weighted by molar-refractivity contribution is 6.30. The molecule has 1 aliphatic rings. The van der Waals surface area contributed by atoms with E-state index in [1.165, 1.54) is 32.4 Å². The molecule has 0 saturated heterocycles. The third kappa shape index (κ3) is 6.66. The molecule has 2 atom stereocenters. The minimum atomic E-state index is -1.49. The van der Waals surface area contributed by atoms with E-state index in [-0.39, 0.29) is 28.9 Å². The van der Waals surface area contributed by atoms with Gasteiger partial charge in [-0.15, -0.1) is 0 Å². The van der Waals surface area contributed by atoms with Crippen molar-refractivity contribution < 1.29 is 33.6 Å². The van der Waals surface area contributed by atoms with Crippen LogP contribution in [0.3, 0.4) is 0 Å². The zero-order valence-electron chi connectivity index (χ0n) is 20.8. The third-order valence-corrected chi connectivity index (χ3v) is 6.74. The molecule has 1 aromatic heterocycles. The first-order valence-electron chi connectivity index (χ1n) is 11.8. The van der Waals surface area contributed by atoms with Crippen molar-refractivity contribution in [3.63, 3.8) is 0 Å². The van der Waals surface area contributed by atoms with Crippen molar-refractivity contribution in [1.82, 2.24) is 10.3 Å². The molecule has 0 bridgehead atoms. The molecular formula is C26H31ClN2O7. The fourth-order valence-electron chi connectivity index (χ4n) is 4.34. The number of halogens is 1. The van der Waals surface area contributed by atoms with E-state index in [9.17, 15) is 14.4 Å². The Bertz CT molecular complexity index is 1100. The lowest BCUT2D eigenvalue weighted by atomic mass is 9.80. The van der Waals surface area contributed by atoms with Crippen LogP contribution in [0.2, 0.25) is 5.02 Å². The van der Waals surface area contributed by atoms with Crippen LogP contribution >= 0.6 is 11.6 Å². The zero-order valence-corrected chi connectivity index (χ0v) is 21.6. The predicted molar refractivity (Wildman–Crippen MR) is 132 cm³/mol. The first-order chi connectivity index (χ1) is 17.1. The molecule has 10 heteroatoms. The number of methoxy groups -OCH3 is 1. The van der Waals surface area contributed by atoms with E-state index in [4.69, 9.17) is 30.8 Å². The summed E-state index contributed by atoms with van der Waals surface area (Å²) in [4.78, 5) is 52.9. The first-order valence-corrected chi connectivity index (χ1v) is 12.2. The van der Waals surface area contributed by atoms with Crippen LogP contribution in [0.15, 0.2) is 36.5 Å². The van der Waals surface area contributed by atoms with Crippen LogP contribution in [0.1, 0.15) is 63.4 Å². The first kappa shape index (κ1) is 27.3. The molecule has 2 aromatic rings. The summed E-state index contributed by atoms with van der Waals surface area (Å²) in [5, 5.41) is 3.18. The van der Waals surface area contributed by atoms with Gasteiger partial charge >= 0.3 is 11.9 Å². The average molecular weight is 519 g/mol. The molecule has 1 amide bonds. The Morgan fingerprint density at radius 1 is 1.22 bits per heavy atom. The van der Waals surface area contributed by atoms with Crippen LogP contribution in [0, 0.1) is 11.8 Å². The number of esters is 1. The molecular weight excluding hydrogens is 488 g/mol. The lowest BCUT2D eigenvalue weighted by Gasteiger charge is -2.34. The Morgan fingerprint density at radius 3 is 2.58 bits per heavy atom. The number of amides is 1. The summed E-state index contributed by atoms with van der Waals surface area (Å²) in [5.41, 5.74) is -1.69. The van der Waals surface area contributed by atoms with Gasteiger partial charge in [0.2, 0.25) is 5.75 Å². The van der Waals surface area contributed by atoms with E-state index in [1.54, 1.807) is 25.1 Å². The van der Waals surface area contributed by atoms with Gasteiger partial charge in [0.25, 0.3) is 5.91 Å². The Hall–Kier alpha value is -3.33. The lowest BCUT2D eigenvalue weighted by molar-refractivity contribution is -0.222. The quantitative estimate of drug-likeness (QED) is 0.268. The number of carbonyl (C=O) groups is 3. The molecule has 1 N–H and O–H groups in total. The maximum Gasteiger partial charge on any atom is 0.380 e. The van der Waals surface area contributed by atoms with E-state index >= 15 is 0 Å². The minimum absolute atomic E-state index is 0.139. The summed E-state index contributed by atoms with van der Waals surface area (Å²) in [6.07, 6.45) is 6.46. The summed E-state index contributed by atoms with van der Waals surface area (Å²) in [6.45, 7) is 4.66. The van der Waals surface area contributed by atoms with Gasteiger partial charge in [0.05, 0.1) is 7.11 Å². The van der Waals surface area contributed by atoms with Crippen molar-refractivity contribution in [3.8, 4) is 17.2 Å². The van der Waals surface area contributed by atoms with E-state index in [2.05, 4.69) is 10.3 Å². The van der Waals surface area contributed by atoms with Gasteiger partial charge in [0.1, 0.15) is 5.54 Å². The van der Waals surface area contributed by atoms with Crippen LogP contribution in [0.25, 0.3) is 0 Å². The predicted octanol–water partition coefficient (Wildman–Crippen LogP) is 4.91. The van der Waals surface area contributed by atoms with Gasteiger partial charge in [0, 0.05) is 30.3 Å². The molecule has 194 valence electrons. The van der Waals surface area contributed by atoms with E-state index in [0.29, 0.717) is 17.4 Å². The minimum Gasteiger partial charge on any atom is -0.493 e. The van der Waals surface area contributed by atoms with Gasteiger partial charge in [-0.2, -0.15) is 0 Å². The van der Waals surface area contributed by atoms with Crippen LogP contribution in [-0.4, -0.2) is 35.5 Å². The van der Waals surface area contributed by atoms with Crippen molar-refractivity contribution in [3.05, 3.63) is 47.2 Å². The van der Waals surface area contributed by atoms with Crippen molar-refractivity contribution in [2.24, 2.45) is 11.8 Å². The molecule has 1 aromatic carbocycles. The highest BCUT2D eigenvalue weighted by Crippen LogP contribution is 2.36. The van der Waals surface area contributed by atoms with E-state index in [1.807, 2.05) is 6.92 Å². The van der Waals surface area contributed by atoms with Crippen LogP contribution in [0.5, 0.6) is 17.2 Å². The summed E-state index contributed by atoms with van der Waals surface area (Å²) in [5.74, 6) is -1.81. The van der Waals surface area contributed by atoms with Gasteiger partial charge in [-0.25, -0.2) is 14.7 Å². The molecule has 1 heterocycles. The fraction of sp³-hybridized carbons (Fsp3) is 0.462. The molecule has 0 spiro atoms. The second kappa shape index (κ2) is 12.1. The largest absolute Gasteiger partial charge is 0.493 e. The Kier molecular flexibility index (Phi) is 9.14. The molecule has 3 rings (SSSR count). The van der Waals surface area contributed by atoms with Gasteiger partial charge in [0.15, 0.2) is 17.2 Å². The molecule has 0 radical (unpaired) electrons. The van der Waals surface area contributed by atoms with Gasteiger partial charge in [-0.3, -0.25) is 14.5 Å². The zero-order chi connectivity index (χ0) is 26.3. The van der Waals surface area contributed by atoms with Crippen molar-refractivity contribution >= 4 is 29.4 Å². The molecule has 0 aliphatic heterocycles. The Labute approximate surface area is 215 Å². The number of rotatable bonds is 10. The van der Waals surface area contributed by atoms with Gasteiger partial charge in [-0.1, -0.05) is 50.3 Å². The summed E-state index contributed by atoms with van der Waals surface area (Å²) >= 11 is 5.98. The monoisotopic (exact) mass is 518 g/mol. The highest BCUT2D eigenvalue weighted by Gasteiger charge is 2.45. The lowest BCUT2D eigenvalue weighted by Crippen LogP contribution is -2.58. The summed E-state index contributed by atoms with van der Waals surface area (Å²) in [7, 11) is 1.38. The van der Waals surface area contributed by atoms with Crippen LogP contribution in [-0.2, 0) is 14.5 Å². The van der Waals surface area contributed by atoms with Gasteiger partial charge < -0.3 is 14.8 Å². The number of ether oxygens (including phenoxy) is 2. The van der Waals surface area contributed by atoms with Crippen LogP contribution < -0.4 is 19.7 Å². The third-order valence-electron chi connectivity index (χ3n) is 6.50. The fourth-order valence-corrected chi connectivity index (χ4v) is 4.52. The number of pyridine rings is 1. The SMILES string of the molecule is COc1ccnc(C(=O)N[C@](C)(C(=O)OOc2cccc(Cl)c2)C(C)CC2CCCC2)c1OC(C)=O. The molecule has 1 unspecified atom stereocenters. The van der Waals surface area contributed by atoms with Crippen molar-refractivity contribution in [2.75, 3.05) is 7.11 Å². The van der Waals surface area contributed by atoms with Gasteiger partial charge in [-0.05, 0) is 37.3 Å². The molecule has 1 saturated carbocycles. The van der Waals surface area contributed by atoms with Crippen molar-refractivity contribution in [1.29, 1.82) is 0 Å². The standard InChI is InChI=1S/C26H31ClN2O7/c1-16(14-18-8-5-6-9-18)26(3,25(32)36-35-20-11-7-10-19(27)15-20)29-24(31)22-23(34-17(2)30)21(33-4)12-13-28-22/h7,10-13,15-16,18H,5-6,8-9,14H2,1-4H3,(H,29,31)/t16?,26-/m0/s1. The van der Waals surface area contributed by atoms with Crippen LogP contribution in [0.4, 0.5) is 0 Å². The second-order valence-corrected chi connectivity index (χ2v) is 9.58. The number of hydrogen-bond acceptors (Lipinski definition) is 8. The highest BCUT2D eigenvalue weighted by atomic mass is 35.5.